The van der Waals surface area contributed by atoms with Gasteiger partial charge in [0.05, 0.1) is 5.69 Å². The number of hydrogen-bond acceptors (Lipinski definition) is 2. The maximum atomic E-state index is 15.0. The van der Waals surface area contributed by atoms with E-state index in [9.17, 15) is 27.1 Å². The zero-order valence-corrected chi connectivity index (χ0v) is 18.6. The van der Waals surface area contributed by atoms with Crippen LogP contribution in [0, 0.1) is 29.1 Å². The molecule has 0 aliphatic rings. The molecular weight excluding hydrogens is 461 g/mol. The zero-order valence-electron chi connectivity index (χ0n) is 18.6. The third kappa shape index (κ3) is 4.80. The van der Waals surface area contributed by atoms with Crippen molar-refractivity contribution in [1.29, 1.82) is 0 Å². The number of phenolic OH excluding ortho intramolecular Hbond substituents is 1. The first kappa shape index (κ1) is 24.1. The number of aromatic nitrogens is 1. The average Bonchev–Trinajstić information content (AvgIpc) is 2.86. The van der Waals surface area contributed by atoms with Gasteiger partial charge in [0, 0.05) is 34.5 Å². The molecule has 0 spiro atoms. The second-order valence-corrected chi connectivity index (χ2v) is 7.89. The molecule has 1 aromatic heterocycles. The van der Waals surface area contributed by atoms with Gasteiger partial charge >= 0.3 is 0 Å². The second-order valence-electron chi connectivity index (χ2n) is 7.89. The summed E-state index contributed by atoms with van der Waals surface area (Å²) in [6.45, 7) is 1.86. The van der Waals surface area contributed by atoms with Gasteiger partial charge in [0.2, 0.25) is 5.82 Å². The Labute approximate surface area is 199 Å². The number of nitrogens with zero attached hydrogens (tertiary/aromatic N) is 1. The quantitative estimate of drug-likeness (QED) is 0.224. The Morgan fingerprint density at radius 3 is 1.89 bits per heavy atom. The van der Waals surface area contributed by atoms with Crippen molar-refractivity contribution < 1.29 is 27.1 Å². The lowest BCUT2D eigenvalue weighted by molar-refractivity contribution is 0.408. The Hall–Kier alpha value is -4.00. The van der Waals surface area contributed by atoms with Crippen LogP contribution in [0.5, 0.6) is 5.75 Å². The van der Waals surface area contributed by atoms with Gasteiger partial charge in [0.1, 0.15) is 5.82 Å². The van der Waals surface area contributed by atoms with Crippen LogP contribution in [0.15, 0.2) is 72.9 Å². The predicted molar refractivity (Wildman–Crippen MR) is 125 cm³/mol. The Kier molecular flexibility index (Phi) is 6.96. The van der Waals surface area contributed by atoms with E-state index in [-0.39, 0.29) is 27.9 Å². The van der Waals surface area contributed by atoms with Crippen molar-refractivity contribution in [3.05, 3.63) is 108 Å². The van der Waals surface area contributed by atoms with Crippen LogP contribution in [0.25, 0.3) is 33.5 Å². The number of rotatable bonds is 6. The highest BCUT2D eigenvalue weighted by molar-refractivity contribution is 5.74. The van der Waals surface area contributed by atoms with E-state index in [4.69, 9.17) is 0 Å². The summed E-state index contributed by atoms with van der Waals surface area (Å²) in [4.78, 5) is 4.10. The highest BCUT2D eigenvalue weighted by atomic mass is 19.2. The number of halogens is 5. The normalized spacial score (nSPS) is 11.4. The number of aryl methyl sites for hydroxylation is 1. The van der Waals surface area contributed by atoms with E-state index < -0.39 is 34.8 Å². The average molecular weight is 481 g/mol. The topological polar surface area (TPSA) is 33.1 Å². The van der Waals surface area contributed by atoms with Crippen LogP contribution >= 0.6 is 0 Å². The maximum absolute atomic E-state index is 15.0. The van der Waals surface area contributed by atoms with Crippen molar-refractivity contribution in [2.24, 2.45) is 0 Å². The SMILES string of the molecule is C/C=C/CCc1cnc(-c2ccc(-c3ccc(-c4ccc(O)c(F)c4F)cc3)c(F)c2F)cc1F. The van der Waals surface area contributed by atoms with E-state index >= 15 is 0 Å². The Balaban J connectivity index is 1.63. The van der Waals surface area contributed by atoms with Gasteiger partial charge in [-0.1, -0.05) is 42.5 Å². The first-order valence-corrected chi connectivity index (χ1v) is 10.8. The first-order chi connectivity index (χ1) is 16.8. The summed E-state index contributed by atoms with van der Waals surface area (Å²) >= 11 is 0. The third-order valence-corrected chi connectivity index (χ3v) is 5.67. The third-order valence-electron chi connectivity index (χ3n) is 5.67. The summed E-state index contributed by atoms with van der Waals surface area (Å²) in [7, 11) is 0. The van der Waals surface area contributed by atoms with Crippen molar-refractivity contribution in [2.75, 3.05) is 0 Å². The molecule has 0 aliphatic carbocycles. The van der Waals surface area contributed by atoms with Gasteiger partial charge in [0.25, 0.3) is 0 Å². The Morgan fingerprint density at radius 1 is 0.743 bits per heavy atom. The lowest BCUT2D eigenvalue weighted by atomic mass is 9.97. The molecule has 0 aliphatic heterocycles. The van der Waals surface area contributed by atoms with Gasteiger partial charge in [-0.15, -0.1) is 0 Å². The van der Waals surface area contributed by atoms with E-state index in [0.29, 0.717) is 24.0 Å². The molecule has 0 saturated carbocycles. The van der Waals surface area contributed by atoms with Crippen molar-refractivity contribution in [3.8, 4) is 39.3 Å². The second kappa shape index (κ2) is 10.1. The molecule has 0 saturated heterocycles. The van der Waals surface area contributed by atoms with Crippen molar-refractivity contribution in [3.63, 3.8) is 0 Å². The smallest absolute Gasteiger partial charge is 0.200 e. The molecule has 35 heavy (non-hydrogen) atoms. The van der Waals surface area contributed by atoms with E-state index in [2.05, 4.69) is 4.98 Å². The molecule has 0 radical (unpaired) electrons. The number of hydrogen-bond donors (Lipinski definition) is 1. The van der Waals surface area contributed by atoms with Crippen LogP contribution in [0.1, 0.15) is 18.9 Å². The van der Waals surface area contributed by atoms with Gasteiger partial charge in [-0.05, 0) is 49.1 Å². The molecule has 178 valence electrons. The number of pyridine rings is 1. The molecule has 3 aromatic carbocycles. The molecule has 0 bridgehead atoms. The molecule has 0 fully saturated rings. The minimum absolute atomic E-state index is 0.0274. The first-order valence-electron chi connectivity index (χ1n) is 10.8. The van der Waals surface area contributed by atoms with Gasteiger partial charge in [-0.2, -0.15) is 4.39 Å². The van der Waals surface area contributed by atoms with Crippen LogP contribution in [0.4, 0.5) is 22.0 Å². The van der Waals surface area contributed by atoms with Gasteiger partial charge in [0.15, 0.2) is 23.2 Å². The molecule has 1 N–H and O–H groups in total. The van der Waals surface area contributed by atoms with Gasteiger partial charge in [-0.25, -0.2) is 17.6 Å². The van der Waals surface area contributed by atoms with Crippen molar-refractivity contribution >= 4 is 0 Å². The Morgan fingerprint density at radius 2 is 1.29 bits per heavy atom. The molecule has 4 rings (SSSR count). The molecule has 4 aromatic rings. The number of aromatic hydroxyl groups is 1. The fraction of sp³-hybridized carbons (Fsp3) is 0.107. The summed E-state index contributed by atoms with van der Waals surface area (Å²) in [5, 5.41) is 9.28. The Bertz CT molecular complexity index is 1410. The summed E-state index contributed by atoms with van der Waals surface area (Å²) in [5.41, 5.74) is 0.625. The molecule has 1 heterocycles. The minimum Gasteiger partial charge on any atom is -0.505 e. The van der Waals surface area contributed by atoms with E-state index in [1.807, 2.05) is 19.1 Å². The molecule has 2 nitrogen and oxygen atoms in total. The highest BCUT2D eigenvalue weighted by Gasteiger charge is 2.19. The minimum atomic E-state index is -1.37. The molecule has 0 atom stereocenters. The summed E-state index contributed by atoms with van der Waals surface area (Å²) < 4.78 is 72.2. The van der Waals surface area contributed by atoms with Crippen LogP contribution in [-0.4, -0.2) is 10.1 Å². The number of benzene rings is 3. The van der Waals surface area contributed by atoms with Crippen molar-refractivity contribution in [2.45, 2.75) is 19.8 Å². The van der Waals surface area contributed by atoms with Crippen LogP contribution < -0.4 is 0 Å². The lowest BCUT2D eigenvalue weighted by Crippen LogP contribution is -1.98. The largest absolute Gasteiger partial charge is 0.505 e. The highest BCUT2D eigenvalue weighted by Crippen LogP contribution is 2.34. The fourth-order valence-corrected chi connectivity index (χ4v) is 3.76. The molecule has 0 amide bonds. The summed E-state index contributed by atoms with van der Waals surface area (Å²) in [6.07, 6.45) is 6.16. The van der Waals surface area contributed by atoms with E-state index in [1.165, 1.54) is 48.7 Å². The van der Waals surface area contributed by atoms with Gasteiger partial charge < -0.3 is 5.11 Å². The fourth-order valence-electron chi connectivity index (χ4n) is 3.76. The molecule has 7 heteroatoms. The monoisotopic (exact) mass is 481 g/mol. The van der Waals surface area contributed by atoms with Crippen LogP contribution in [0.2, 0.25) is 0 Å². The maximum Gasteiger partial charge on any atom is 0.200 e. The van der Waals surface area contributed by atoms with E-state index in [0.717, 1.165) is 12.1 Å². The summed E-state index contributed by atoms with van der Waals surface area (Å²) in [6, 6.07) is 11.7. The molecule has 0 unspecified atom stereocenters. The number of phenols is 1. The van der Waals surface area contributed by atoms with Crippen molar-refractivity contribution in [1.82, 2.24) is 4.98 Å². The zero-order chi connectivity index (χ0) is 25.1. The molecular formula is C28H20F5NO. The standard InChI is InChI=1S/C28H20F5NO/c1-2-3-4-5-18-15-34-23(14-22(18)29)21-11-10-19(25(30)27(21)32)16-6-8-17(9-7-16)20-12-13-24(35)28(33)26(20)31/h2-3,6-15,35H,4-5H2,1H3/b3-2+. The van der Waals surface area contributed by atoms with Crippen LogP contribution in [-0.2, 0) is 6.42 Å². The van der Waals surface area contributed by atoms with Crippen LogP contribution in [0.3, 0.4) is 0 Å². The number of allylic oxidation sites excluding steroid dienone is 2. The van der Waals surface area contributed by atoms with E-state index in [1.54, 1.807) is 0 Å². The predicted octanol–water partition coefficient (Wildman–Crippen LogP) is 7.99. The van der Waals surface area contributed by atoms with Gasteiger partial charge in [-0.3, -0.25) is 4.98 Å². The summed E-state index contributed by atoms with van der Waals surface area (Å²) in [5.74, 6) is -6.25. The lowest BCUT2D eigenvalue weighted by Gasteiger charge is -2.11.